The number of carbonyl (C=O) groups is 3. The van der Waals surface area contributed by atoms with Crippen LogP contribution in [0.15, 0.2) is 53.4 Å². The third kappa shape index (κ3) is 4.05. The lowest BCUT2D eigenvalue weighted by Gasteiger charge is -2.21. The van der Waals surface area contributed by atoms with Crippen molar-refractivity contribution in [3.63, 3.8) is 0 Å². The van der Waals surface area contributed by atoms with Crippen LogP contribution in [0.2, 0.25) is 5.02 Å². The fraction of sp³-hybridized carbons (Fsp3) is 0.217. The van der Waals surface area contributed by atoms with E-state index in [-0.39, 0.29) is 30.3 Å². The summed E-state index contributed by atoms with van der Waals surface area (Å²) < 4.78 is 0.441. The van der Waals surface area contributed by atoms with Crippen LogP contribution in [0.4, 0.5) is 11.4 Å². The molecule has 3 amide bonds. The van der Waals surface area contributed by atoms with E-state index in [1.165, 1.54) is 4.90 Å². The van der Waals surface area contributed by atoms with Gasteiger partial charge in [0.15, 0.2) is 0 Å². The molecule has 1 fully saturated rings. The lowest BCUT2D eigenvalue weighted by atomic mass is 10.1. The minimum atomic E-state index is -0.387. The molecule has 0 radical (unpaired) electrons. The molecule has 2 aliphatic heterocycles. The number of hydrogen-bond acceptors (Lipinski definition) is 5. The van der Waals surface area contributed by atoms with E-state index in [0.29, 0.717) is 36.8 Å². The second-order valence-electron chi connectivity index (χ2n) is 7.47. The molecule has 1 atom stereocenters. The second-order valence-corrected chi connectivity index (χ2v) is 9.55. The van der Waals surface area contributed by atoms with Crippen LogP contribution in [-0.4, -0.2) is 39.5 Å². The highest BCUT2D eigenvalue weighted by Crippen LogP contribution is 2.45. The standard InChI is InChI=1S/C23H20ClN3O3S2/c1-3-13(2)27-22(30)20(32-23(27)31)19-16-6-4-5-7-17(16)26(21(19)29)12-18(28)25-15-10-8-14(24)9-11-15/h4-11,13H,3,12H2,1-2H3,(H,25,28)/b20-19-/t13-/m1/s1. The lowest BCUT2D eigenvalue weighted by Crippen LogP contribution is -2.37. The zero-order valence-electron chi connectivity index (χ0n) is 17.4. The Bertz CT molecular complexity index is 1160. The number of carbonyl (C=O) groups excluding carboxylic acids is 3. The molecular formula is C23H20ClN3O3S2. The summed E-state index contributed by atoms with van der Waals surface area (Å²) in [6.07, 6.45) is 0.747. The van der Waals surface area contributed by atoms with Gasteiger partial charge in [0.1, 0.15) is 10.9 Å². The van der Waals surface area contributed by atoms with Crippen molar-refractivity contribution < 1.29 is 14.4 Å². The Labute approximate surface area is 200 Å². The number of hydrogen-bond donors (Lipinski definition) is 1. The van der Waals surface area contributed by atoms with Gasteiger partial charge in [0.05, 0.1) is 16.2 Å². The van der Waals surface area contributed by atoms with Crippen molar-refractivity contribution in [2.24, 2.45) is 0 Å². The van der Waals surface area contributed by atoms with Gasteiger partial charge in [0, 0.05) is 22.3 Å². The first kappa shape index (κ1) is 22.5. The molecule has 4 rings (SSSR count). The molecule has 2 aromatic carbocycles. The van der Waals surface area contributed by atoms with Crippen molar-refractivity contribution in [1.29, 1.82) is 0 Å². The van der Waals surface area contributed by atoms with Gasteiger partial charge in [-0.2, -0.15) is 0 Å². The molecule has 0 bridgehead atoms. The summed E-state index contributed by atoms with van der Waals surface area (Å²) in [7, 11) is 0. The van der Waals surface area contributed by atoms with Gasteiger partial charge < -0.3 is 5.32 Å². The number of rotatable bonds is 5. The minimum absolute atomic E-state index is 0.0615. The topological polar surface area (TPSA) is 69.7 Å². The molecule has 32 heavy (non-hydrogen) atoms. The van der Waals surface area contributed by atoms with Crippen molar-refractivity contribution in [3.8, 4) is 0 Å². The maximum absolute atomic E-state index is 13.4. The van der Waals surface area contributed by atoms with Crippen molar-refractivity contribution in [3.05, 3.63) is 64.0 Å². The van der Waals surface area contributed by atoms with Crippen molar-refractivity contribution in [2.45, 2.75) is 26.3 Å². The molecule has 164 valence electrons. The summed E-state index contributed by atoms with van der Waals surface area (Å²) in [5.74, 6) is -1.01. The van der Waals surface area contributed by atoms with Crippen molar-refractivity contribution in [2.75, 3.05) is 16.8 Å². The molecule has 2 aromatic rings. The van der Waals surface area contributed by atoms with Gasteiger partial charge in [-0.25, -0.2) is 0 Å². The van der Waals surface area contributed by atoms with E-state index in [1.54, 1.807) is 53.4 Å². The predicted molar refractivity (Wildman–Crippen MR) is 133 cm³/mol. The quantitative estimate of drug-likeness (QED) is 0.491. The monoisotopic (exact) mass is 485 g/mol. The summed E-state index contributed by atoms with van der Waals surface area (Å²) in [5.41, 5.74) is 2.09. The number of benzene rings is 2. The van der Waals surface area contributed by atoms with Gasteiger partial charge >= 0.3 is 0 Å². The number of amides is 3. The molecule has 0 aromatic heterocycles. The maximum atomic E-state index is 13.4. The summed E-state index contributed by atoms with van der Waals surface area (Å²) in [6.45, 7) is 3.72. The lowest BCUT2D eigenvalue weighted by molar-refractivity contribution is -0.123. The molecule has 2 aliphatic rings. The molecule has 1 saturated heterocycles. The van der Waals surface area contributed by atoms with E-state index >= 15 is 0 Å². The molecule has 6 nitrogen and oxygen atoms in total. The van der Waals surface area contributed by atoms with Crippen LogP contribution in [0.5, 0.6) is 0 Å². The Balaban J connectivity index is 1.65. The van der Waals surface area contributed by atoms with Crippen LogP contribution in [0.1, 0.15) is 25.8 Å². The van der Waals surface area contributed by atoms with E-state index in [0.717, 1.165) is 18.2 Å². The number of anilines is 2. The SMILES string of the molecule is CC[C@@H](C)N1C(=O)/C(=C2/C(=O)N(CC(=O)Nc3ccc(Cl)cc3)c3ccccc32)SC1=S. The Kier molecular flexibility index (Phi) is 6.37. The van der Waals surface area contributed by atoms with Crippen LogP contribution in [-0.2, 0) is 14.4 Å². The average molecular weight is 486 g/mol. The molecule has 2 heterocycles. The zero-order chi connectivity index (χ0) is 23.0. The first-order valence-electron chi connectivity index (χ1n) is 10.1. The van der Waals surface area contributed by atoms with Gasteiger partial charge in [0.2, 0.25) is 5.91 Å². The van der Waals surface area contributed by atoms with Gasteiger partial charge in [-0.05, 0) is 43.7 Å². The number of halogens is 1. The Hall–Kier alpha value is -2.68. The number of thioether (sulfide) groups is 1. The molecular weight excluding hydrogens is 466 g/mol. The van der Waals surface area contributed by atoms with Crippen LogP contribution >= 0.6 is 35.6 Å². The van der Waals surface area contributed by atoms with Crippen LogP contribution in [0, 0.1) is 0 Å². The van der Waals surface area contributed by atoms with E-state index < -0.39 is 0 Å². The van der Waals surface area contributed by atoms with Crippen molar-refractivity contribution >= 4 is 74.6 Å². The summed E-state index contributed by atoms with van der Waals surface area (Å²) in [5, 5.41) is 3.33. The normalized spacial score (nSPS) is 18.9. The first-order chi connectivity index (χ1) is 15.3. The Morgan fingerprint density at radius 2 is 1.81 bits per heavy atom. The second kappa shape index (κ2) is 9.05. The molecule has 9 heteroatoms. The predicted octanol–water partition coefficient (Wildman–Crippen LogP) is 4.70. The Morgan fingerprint density at radius 3 is 2.50 bits per heavy atom. The highest BCUT2D eigenvalue weighted by Gasteiger charge is 2.43. The number of nitrogens with zero attached hydrogens (tertiary/aromatic N) is 2. The fourth-order valence-corrected chi connectivity index (χ4v) is 5.29. The highest BCUT2D eigenvalue weighted by atomic mass is 35.5. The van der Waals surface area contributed by atoms with E-state index in [1.807, 2.05) is 13.8 Å². The van der Waals surface area contributed by atoms with Crippen LogP contribution in [0.3, 0.4) is 0 Å². The summed E-state index contributed by atoms with van der Waals surface area (Å²) in [6, 6.07) is 13.8. The molecule has 0 aliphatic carbocycles. The molecule has 0 unspecified atom stereocenters. The summed E-state index contributed by atoms with van der Waals surface area (Å²) in [4.78, 5) is 42.5. The smallest absolute Gasteiger partial charge is 0.267 e. The summed E-state index contributed by atoms with van der Waals surface area (Å²) >= 11 is 12.5. The van der Waals surface area contributed by atoms with Crippen LogP contribution < -0.4 is 10.2 Å². The minimum Gasteiger partial charge on any atom is -0.325 e. The van der Waals surface area contributed by atoms with E-state index in [9.17, 15) is 14.4 Å². The third-order valence-corrected chi connectivity index (χ3v) is 7.06. The average Bonchev–Trinajstić information content (AvgIpc) is 3.21. The third-order valence-electron chi connectivity index (χ3n) is 5.41. The molecule has 0 spiro atoms. The van der Waals surface area contributed by atoms with Gasteiger partial charge in [-0.15, -0.1) is 0 Å². The highest BCUT2D eigenvalue weighted by molar-refractivity contribution is 8.26. The number of fused-ring (bicyclic) bond motifs is 1. The number of nitrogens with one attached hydrogen (secondary N) is 1. The largest absolute Gasteiger partial charge is 0.325 e. The molecule has 0 saturated carbocycles. The van der Waals surface area contributed by atoms with Crippen molar-refractivity contribution in [1.82, 2.24) is 4.90 Å². The van der Waals surface area contributed by atoms with E-state index in [2.05, 4.69) is 5.32 Å². The number of para-hydroxylation sites is 1. The number of thiocarbonyl (C=S) groups is 1. The maximum Gasteiger partial charge on any atom is 0.267 e. The fourth-order valence-electron chi connectivity index (χ4n) is 3.63. The first-order valence-corrected chi connectivity index (χ1v) is 11.7. The van der Waals surface area contributed by atoms with Crippen LogP contribution in [0.25, 0.3) is 5.57 Å². The van der Waals surface area contributed by atoms with Gasteiger partial charge in [-0.1, -0.05) is 60.7 Å². The Morgan fingerprint density at radius 1 is 1.12 bits per heavy atom. The van der Waals surface area contributed by atoms with Gasteiger partial charge in [-0.3, -0.25) is 24.2 Å². The molecule has 1 N–H and O–H groups in total. The van der Waals surface area contributed by atoms with Gasteiger partial charge in [0.25, 0.3) is 11.8 Å². The zero-order valence-corrected chi connectivity index (χ0v) is 19.8. The van der Waals surface area contributed by atoms with E-state index in [4.69, 9.17) is 23.8 Å².